The van der Waals surface area contributed by atoms with Crippen molar-refractivity contribution < 1.29 is 4.42 Å². The second-order valence-electron chi connectivity index (χ2n) is 2.90. The van der Waals surface area contributed by atoms with Crippen molar-refractivity contribution in [3.8, 4) is 0 Å². The molecular formula is C10H12N2O. The van der Waals surface area contributed by atoms with Crippen LogP contribution in [0.5, 0.6) is 0 Å². The molecule has 0 aromatic carbocycles. The summed E-state index contributed by atoms with van der Waals surface area (Å²) >= 11 is 0. The van der Waals surface area contributed by atoms with E-state index in [0.717, 1.165) is 5.76 Å². The number of furan rings is 1. The molecule has 0 saturated heterocycles. The van der Waals surface area contributed by atoms with Crippen LogP contribution in [0.15, 0.2) is 47.3 Å². The van der Waals surface area contributed by atoms with E-state index >= 15 is 0 Å². The highest BCUT2D eigenvalue weighted by Crippen LogP contribution is 2.17. The molecule has 1 atom stereocenters. The Bertz CT molecular complexity index is 303. The van der Waals surface area contributed by atoms with Crippen molar-refractivity contribution in [2.75, 3.05) is 6.54 Å². The normalized spacial score (nSPS) is 13.0. The Balaban J connectivity index is 2.29. The zero-order valence-electron chi connectivity index (χ0n) is 7.26. The number of hydrogen-bond donors (Lipinski definition) is 1. The first kappa shape index (κ1) is 8.13. The van der Waals surface area contributed by atoms with Crippen LogP contribution in [0.3, 0.4) is 0 Å². The molecule has 0 aliphatic rings. The lowest BCUT2D eigenvalue weighted by Crippen LogP contribution is -2.18. The fraction of sp³-hybridized carbons (Fsp3) is 0.200. The largest absolute Gasteiger partial charge is 0.467 e. The number of hydrogen-bond acceptors (Lipinski definition) is 2. The van der Waals surface area contributed by atoms with Crippen molar-refractivity contribution >= 4 is 0 Å². The van der Waals surface area contributed by atoms with Crippen LogP contribution in [0.1, 0.15) is 11.8 Å². The molecule has 2 aromatic heterocycles. The molecule has 2 N–H and O–H groups in total. The molecule has 0 fully saturated rings. The van der Waals surface area contributed by atoms with E-state index in [2.05, 4.69) is 0 Å². The van der Waals surface area contributed by atoms with E-state index in [-0.39, 0.29) is 6.04 Å². The van der Waals surface area contributed by atoms with E-state index < -0.39 is 0 Å². The van der Waals surface area contributed by atoms with Gasteiger partial charge in [0.25, 0.3) is 0 Å². The third-order valence-electron chi connectivity index (χ3n) is 2.08. The summed E-state index contributed by atoms with van der Waals surface area (Å²) in [6.07, 6.45) is 5.64. The average Bonchev–Trinajstić information content (AvgIpc) is 2.76. The lowest BCUT2D eigenvalue weighted by molar-refractivity contribution is 0.433. The molecular weight excluding hydrogens is 164 g/mol. The maximum atomic E-state index is 5.67. The molecule has 0 radical (unpaired) electrons. The van der Waals surface area contributed by atoms with Gasteiger partial charge in [0.15, 0.2) is 0 Å². The molecule has 0 aliphatic carbocycles. The van der Waals surface area contributed by atoms with Gasteiger partial charge in [-0.15, -0.1) is 0 Å². The Morgan fingerprint density at radius 2 is 2.08 bits per heavy atom. The van der Waals surface area contributed by atoms with Gasteiger partial charge in [0.2, 0.25) is 0 Å². The number of aromatic nitrogens is 1. The third-order valence-corrected chi connectivity index (χ3v) is 2.08. The van der Waals surface area contributed by atoms with Gasteiger partial charge in [0.1, 0.15) is 11.8 Å². The van der Waals surface area contributed by atoms with Gasteiger partial charge >= 0.3 is 0 Å². The maximum absolute atomic E-state index is 5.67. The molecule has 0 spiro atoms. The third kappa shape index (κ3) is 1.51. The highest BCUT2D eigenvalue weighted by Gasteiger charge is 2.12. The van der Waals surface area contributed by atoms with E-state index in [4.69, 9.17) is 10.2 Å². The van der Waals surface area contributed by atoms with Gasteiger partial charge in [-0.1, -0.05) is 0 Å². The van der Waals surface area contributed by atoms with Gasteiger partial charge < -0.3 is 14.7 Å². The quantitative estimate of drug-likeness (QED) is 0.772. The SMILES string of the molecule is NCC(c1ccco1)n1cccc1. The lowest BCUT2D eigenvalue weighted by atomic mass is 10.2. The fourth-order valence-corrected chi connectivity index (χ4v) is 1.42. The highest BCUT2D eigenvalue weighted by atomic mass is 16.3. The molecule has 2 rings (SSSR count). The average molecular weight is 176 g/mol. The summed E-state index contributed by atoms with van der Waals surface area (Å²) in [7, 11) is 0. The van der Waals surface area contributed by atoms with Gasteiger partial charge in [-0.05, 0) is 24.3 Å². The molecule has 13 heavy (non-hydrogen) atoms. The lowest BCUT2D eigenvalue weighted by Gasteiger charge is -2.13. The van der Waals surface area contributed by atoms with E-state index in [9.17, 15) is 0 Å². The summed E-state index contributed by atoms with van der Waals surface area (Å²) in [6.45, 7) is 0.544. The minimum Gasteiger partial charge on any atom is -0.467 e. The molecule has 0 bridgehead atoms. The summed E-state index contributed by atoms with van der Waals surface area (Å²) in [4.78, 5) is 0. The first-order valence-electron chi connectivity index (χ1n) is 4.27. The summed E-state index contributed by atoms with van der Waals surface area (Å²) < 4.78 is 7.35. The number of rotatable bonds is 3. The standard InChI is InChI=1S/C10H12N2O/c11-8-9(10-4-3-7-13-10)12-5-1-2-6-12/h1-7,9H,8,11H2. The number of nitrogens with two attached hydrogens (primary N) is 1. The minimum atomic E-state index is 0.116. The summed E-state index contributed by atoms with van der Waals surface area (Å²) in [5.74, 6) is 0.902. The Labute approximate surface area is 76.8 Å². The van der Waals surface area contributed by atoms with Crippen molar-refractivity contribution in [2.24, 2.45) is 5.73 Å². The van der Waals surface area contributed by atoms with Crippen LogP contribution in [0.2, 0.25) is 0 Å². The van der Waals surface area contributed by atoms with E-state index in [1.54, 1.807) is 6.26 Å². The summed E-state index contributed by atoms with van der Waals surface area (Å²) in [6, 6.07) is 7.89. The van der Waals surface area contributed by atoms with Gasteiger partial charge in [-0.2, -0.15) is 0 Å². The second-order valence-corrected chi connectivity index (χ2v) is 2.90. The first-order chi connectivity index (χ1) is 6.42. The van der Waals surface area contributed by atoms with Crippen molar-refractivity contribution in [1.82, 2.24) is 4.57 Å². The minimum absolute atomic E-state index is 0.116. The zero-order chi connectivity index (χ0) is 9.10. The summed E-state index contributed by atoms with van der Waals surface area (Å²) in [5.41, 5.74) is 5.67. The summed E-state index contributed by atoms with van der Waals surface area (Å²) in [5, 5.41) is 0. The molecule has 3 nitrogen and oxygen atoms in total. The molecule has 2 aromatic rings. The Morgan fingerprint density at radius 1 is 1.31 bits per heavy atom. The zero-order valence-corrected chi connectivity index (χ0v) is 7.26. The van der Waals surface area contributed by atoms with Crippen LogP contribution in [-0.2, 0) is 0 Å². The van der Waals surface area contributed by atoms with Gasteiger partial charge in [0.05, 0.1) is 6.26 Å². The van der Waals surface area contributed by atoms with Crippen LogP contribution in [0.25, 0.3) is 0 Å². The molecule has 0 saturated carbocycles. The van der Waals surface area contributed by atoms with Crippen molar-refractivity contribution in [2.45, 2.75) is 6.04 Å². The maximum Gasteiger partial charge on any atom is 0.127 e. The number of nitrogens with zero attached hydrogens (tertiary/aromatic N) is 1. The smallest absolute Gasteiger partial charge is 0.127 e. The van der Waals surface area contributed by atoms with Crippen molar-refractivity contribution in [3.63, 3.8) is 0 Å². The predicted molar refractivity (Wildman–Crippen MR) is 50.3 cm³/mol. The Morgan fingerprint density at radius 3 is 2.62 bits per heavy atom. The van der Waals surface area contributed by atoms with Crippen LogP contribution >= 0.6 is 0 Å². The van der Waals surface area contributed by atoms with Crippen LogP contribution in [0, 0.1) is 0 Å². The van der Waals surface area contributed by atoms with E-state index in [1.807, 2.05) is 41.2 Å². The second kappa shape index (κ2) is 3.49. The first-order valence-corrected chi connectivity index (χ1v) is 4.27. The van der Waals surface area contributed by atoms with Crippen molar-refractivity contribution in [3.05, 3.63) is 48.7 Å². The van der Waals surface area contributed by atoms with Gasteiger partial charge in [0, 0.05) is 18.9 Å². The Hall–Kier alpha value is -1.48. The molecule has 1 unspecified atom stereocenters. The fourth-order valence-electron chi connectivity index (χ4n) is 1.42. The van der Waals surface area contributed by atoms with Crippen molar-refractivity contribution in [1.29, 1.82) is 0 Å². The van der Waals surface area contributed by atoms with Gasteiger partial charge in [-0.3, -0.25) is 0 Å². The molecule has 0 aliphatic heterocycles. The predicted octanol–water partition coefficient (Wildman–Crippen LogP) is 1.63. The van der Waals surface area contributed by atoms with Crippen LogP contribution < -0.4 is 5.73 Å². The topological polar surface area (TPSA) is 44.1 Å². The molecule has 3 heteroatoms. The Kier molecular flexibility index (Phi) is 2.19. The molecule has 68 valence electrons. The van der Waals surface area contributed by atoms with Gasteiger partial charge in [-0.25, -0.2) is 0 Å². The molecule has 0 amide bonds. The molecule has 2 heterocycles. The van der Waals surface area contributed by atoms with Crippen LogP contribution in [0.4, 0.5) is 0 Å². The van der Waals surface area contributed by atoms with E-state index in [1.165, 1.54) is 0 Å². The van der Waals surface area contributed by atoms with Crippen LogP contribution in [-0.4, -0.2) is 11.1 Å². The van der Waals surface area contributed by atoms with E-state index in [0.29, 0.717) is 6.54 Å². The highest BCUT2D eigenvalue weighted by molar-refractivity contribution is 5.08. The monoisotopic (exact) mass is 176 g/mol.